The van der Waals surface area contributed by atoms with Crippen molar-refractivity contribution in [2.24, 2.45) is 0 Å². The van der Waals surface area contributed by atoms with Crippen molar-refractivity contribution in [2.75, 3.05) is 11.1 Å². The Bertz CT molecular complexity index is 382. The molecular weight excluding hydrogens is 251 g/mol. The van der Waals surface area contributed by atoms with Crippen molar-refractivity contribution in [3.63, 3.8) is 0 Å². The smallest absolute Gasteiger partial charge is 0.0580 e. The van der Waals surface area contributed by atoms with E-state index in [2.05, 4.69) is 20.6 Å². The van der Waals surface area contributed by atoms with E-state index in [-0.39, 0.29) is 5.28 Å². The molecule has 2 rings (SSSR count). The second-order valence-corrected chi connectivity index (χ2v) is 6.95. The van der Waals surface area contributed by atoms with Crippen molar-refractivity contribution < 1.29 is 0 Å². The Morgan fingerprint density at radius 1 is 0.895 bits per heavy atom. The molecule has 0 bridgehead atoms. The normalized spacial score (nSPS) is 20.7. The Labute approximate surface area is 119 Å². The van der Waals surface area contributed by atoms with E-state index in [4.69, 9.17) is 5.73 Å². The van der Waals surface area contributed by atoms with Crippen molar-refractivity contribution in [3.8, 4) is 0 Å². The highest BCUT2D eigenvalue weighted by molar-refractivity contribution is 7.19. The Kier molecular flexibility index (Phi) is 5.51. The van der Waals surface area contributed by atoms with Crippen molar-refractivity contribution >= 4 is 20.6 Å². The molecule has 1 atom stereocenters. The molecule has 1 aliphatic carbocycles. The number of hydrogen-bond donors (Lipinski definition) is 2. The van der Waals surface area contributed by atoms with Gasteiger partial charge < -0.3 is 11.1 Å². The summed E-state index contributed by atoms with van der Waals surface area (Å²) < 4.78 is 0. The lowest BCUT2D eigenvalue weighted by Crippen LogP contribution is -2.31. The van der Waals surface area contributed by atoms with Crippen molar-refractivity contribution in [3.05, 3.63) is 24.3 Å². The second-order valence-electron chi connectivity index (χ2n) is 5.84. The number of para-hydroxylation sites is 2. The van der Waals surface area contributed by atoms with Crippen LogP contribution < -0.4 is 11.1 Å². The van der Waals surface area contributed by atoms with Crippen LogP contribution in [0.25, 0.3) is 0 Å². The molecule has 106 valence electrons. The van der Waals surface area contributed by atoms with Crippen LogP contribution in [-0.4, -0.2) is 5.28 Å². The molecule has 3 N–H and O–H groups in total. The largest absolute Gasteiger partial charge is 0.397 e. The predicted molar refractivity (Wildman–Crippen MR) is 88.5 cm³/mol. The molecule has 0 aliphatic heterocycles. The molecule has 0 spiro atoms. The summed E-state index contributed by atoms with van der Waals surface area (Å²) in [5, 5.41) is 3.80. The van der Waals surface area contributed by atoms with Gasteiger partial charge in [-0.25, -0.2) is 0 Å². The third-order valence-electron chi connectivity index (χ3n) is 4.09. The molecule has 3 heteroatoms. The van der Waals surface area contributed by atoms with Crippen LogP contribution in [0.5, 0.6) is 0 Å². The first kappa shape index (κ1) is 14.7. The number of nitrogen functional groups attached to an aromatic ring is 1. The lowest BCUT2D eigenvalue weighted by Gasteiger charge is -2.33. The van der Waals surface area contributed by atoms with E-state index < -0.39 is 0 Å². The van der Waals surface area contributed by atoms with Gasteiger partial charge in [0, 0.05) is 0 Å². The number of hydrogen-bond acceptors (Lipinski definition) is 2. The maximum absolute atomic E-state index is 6.05. The summed E-state index contributed by atoms with van der Waals surface area (Å²) in [4.78, 5) is 0. The van der Waals surface area contributed by atoms with E-state index in [9.17, 15) is 0 Å². The predicted octanol–water partition coefficient (Wildman–Crippen LogP) is 4.78. The minimum Gasteiger partial charge on any atom is -0.397 e. The molecule has 0 radical (unpaired) electrons. The Hall–Kier alpha value is -0.750. The number of benzene rings is 1. The molecule has 0 aromatic heterocycles. The molecular formula is C16H27N2P. The number of nitrogens with one attached hydrogen (secondary N) is 1. The Balaban J connectivity index is 2.02. The van der Waals surface area contributed by atoms with Crippen LogP contribution in [0, 0.1) is 0 Å². The molecule has 0 saturated heterocycles. The molecule has 0 heterocycles. The Morgan fingerprint density at radius 3 is 2.00 bits per heavy atom. The zero-order valence-electron chi connectivity index (χ0n) is 11.8. The van der Waals surface area contributed by atoms with E-state index in [1.54, 1.807) is 0 Å². The minimum atomic E-state index is 0.118. The van der Waals surface area contributed by atoms with Crippen LogP contribution in [0.15, 0.2) is 24.3 Å². The second kappa shape index (κ2) is 7.14. The summed E-state index contributed by atoms with van der Waals surface area (Å²) in [7, 11) is 3.07. The Morgan fingerprint density at radius 2 is 1.42 bits per heavy atom. The monoisotopic (exact) mass is 278 g/mol. The van der Waals surface area contributed by atoms with E-state index in [0.29, 0.717) is 0 Å². The maximum atomic E-state index is 6.05. The maximum Gasteiger partial charge on any atom is 0.0580 e. The van der Waals surface area contributed by atoms with Gasteiger partial charge in [-0.3, -0.25) is 0 Å². The molecule has 1 unspecified atom stereocenters. The lowest BCUT2D eigenvalue weighted by molar-refractivity contribution is 0.452. The lowest BCUT2D eigenvalue weighted by atomic mass is 9.96. The van der Waals surface area contributed by atoms with Crippen molar-refractivity contribution in [1.82, 2.24) is 0 Å². The molecule has 1 aromatic carbocycles. The zero-order valence-corrected chi connectivity index (χ0v) is 13.0. The highest BCUT2D eigenvalue weighted by atomic mass is 31.0. The van der Waals surface area contributed by atoms with E-state index in [0.717, 1.165) is 11.4 Å². The van der Waals surface area contributed by atoms with Gasteiger partial charge in [-0.15, -0.1) is 9.24 Å². The number of nitrogens with two attached hydrogens (primary N) is 1. The van der Waals surface area contributed by atoms with Gasteiger partial charge in [-0.2, -0.15) is 0 Å². The average Bonchev–Trinajstić information content (AvgIpc) is 2.40. The van der Waals surface area contributed by atoms with Gasteiger partial charge in [0.2, 0.25) is 0 Å². The molecule has 1 fully saturated rings. The fourth-order valence-corrected chi connectivity index (χ4v) is 3.46. The fraction of sp³-hybridized carbons (Fsp3) is 0.625. The standard InChI is InChI=1S/C16H27N2P/c17-14-10-6-7-11-15(14)18-16(19)12-8-4-2-1-3-5-9-13-16/h6-7,10-11,18H,1-5,8-9,12-13,17,19H2. The minimum absolute atomic E-state index is 0.118. The van der Waals surface area contributed by atoms with Crippen LogP contribution >= 0.6 is 9.24 Å². The number of rotatable bonds is 2. The van der Waals surface area contributed by atoms with Gasteiger partial charge in [-0.1, -0.05) is 57.1 Å². The van der Waals surface area contributed by atoms with Crippen molar-refractivity contribution in [2.45, 2.75) is 63.1 Å². The summed E-state index contributed by atoms with van der Waals surface area (Å²) in [5.74, 6) is 0. The molecule has 2 nitrogen and oxygen atoms in total. The van der Waals surface area contributed by atoms with Crippen LogP contribution in [0.4, 0.5) is 11.4 Å². The first-order chi connectivity index (χ1) is 9.20. The summed E-state index contributed by atoms with van der Waals surface area (Å²) in [6.45, 7) is 0. The summed E-state index contributed by atoms with van der Waals surface area (Å²) in [6, 6.07) is 8.09. The van der Waals surface area contributed by atoms with Gasteiger partial charge in [0.25, 0.3) is 0 Å². The summed E-state index contributed by atoms with van der Waals surface area (Å²) >= 11 is 0. The summed E-state index contributed by atoms with van der Waals surface area (Å²) in [5.41, 5.74) is 7.98. The van der Waals surface area contributed by atoms with Gasteiger partial charge in [-0.05, 0) is 25.0 Å². The highest BCUT2D eigenvalue weighted by Crippen LogP contribution is 2.35. The first-order valence-corrected chi connectivity index (χ1v) is 8.19. The quantitative estimate of drug-likeness (QED) is 0.603. The van der Waals surface area contributed by atoms with E-state index in [1.807, 2.05) is 18.2 Å². The average molecular weight is 278 g/mol. The SMILES string of the molecule is Nc1ccccc1NC1(P)CCCCCCCCC1. The third-order valence-corrected chi connectivity index (χ3v) is 4.81. The van der Waals surface area contributed by atoms with Crippen LogP contribution in [0.1, 0.15) is 57.8 Å². The molecule has 1 aliphatic rings. The highest BCUT2D eigenvalue weighted by Gasteiger charge is 2.24. The van der Waals surface area contributed by atoms with E-state index in [1.165, 1.54) is 57.8 Å². The van der Waals surface area contributed by atoms with Gasteiger partial charge in [0.15, 0.2) is 0 Å². The van der Waals surface area contributed by atoms with Crippen LogP contribution in [0.2, 0.25) is 0 Å². The van der Waals surface area contributed by atoms with Gasteiger partial charge in [0.1, 0.15) is 0 Å². The molecule has 1 aromatic rings. The first-order valence-electron chi connectivity index (χ1n) is 7.61. The van der Waals surface area contributed by atoms with E-state index >= 15 is 0 Å². The van der Waals surface area contributed by atoms with Gasteiger partial charge >= 0.3 is 0 Å². The zero-order chi connectivity index (χ0) is 13.6. The molecule has 1 saturated carbocycles. The molecule has 19 heavy (non-hydrogen) atoms. The fourth-order valence-electron chi connectivity index (χ4n) is 2.89. The van der Waals surface area contributed by atoms with Crippen molar-refractivity contribution in [1.29, 1.82) is 0 Å². The third kappa shape index (κ3) is 4.69. The topological polar surface area (TPSA) is 38.0 Å². The number of anilines is 2. The molecule has 0 amide bonds. The van der Waals surface area contributed by atoms with Crippen LogP contribution in [0.3, 0.4) is 0 Å². The summed E-state index contributed by atoms with van der Waals surface area (Å²) in [6.07, 6.45) is 12.0. The van der Waals surface area contributed by atoms with Crippen LogP contribution in [-0.2, 0) is 0 Å². The van der Waals surface area contributed by atoms with Gasteiger partial charge in [0.05, 0.1) is 16.7 Å².